The molecule has 0 bridgehead atoms. The number of thioether (sulfide) groups is 1. The Labute approximate surface area is 99.6 Å². The van der Waals surface area contributed by atoms with Crippen LogP contribution in [-0.4, -0.2) is 33.9 Å². The summed E-state index contributed by atoms with van der Waals surface area (Å²) in [5.74, 6) is 1.51. The Balaban J connectivity index is 2.39. The number of nitrogens with two attached hydrogens (primary N) is 1. The molecule has 0 aliphatic heterocycles. The Hall–Kier alpha value is -1.01. The minimum absolute atomic E-state index is 0.127. The molecule has 0 aromatic carbocycles. The van der Waals surface area contributed by atoms with E-state index in [0.29, 0.717) is 6.42 Å². The van der Waals surface area contributed by atoms with Crippen LogP contribution in [0.1, 0.15) is 25.2 Å². The minimum Gasteiger partial charge on any atom is -0.347 e. The molecule has 1 unspecified atom stereocenters. The van der Waals surface area contributed by atoms with Crippen LogP contribution >= 0.6 is 11.8 Å². The van der Waals surface area contributed by atoms with Gasteiger partial charge in [-0.1, -0.05) is 0 Å². The van der Waals surface area contributed by atoms with E-state index in [4.69, 9.17) is 5.73 Å². The largest absolute Gasteiger partial charge is 0.347 e. The number of hydrogen-bond acceptors (Lipinski definition) is 4. The molecule has 4 N–H and O–H groups in total. The zero-order chi connectivity index (χ0) is 12.0. The van der Waals surface area contributed by atoms with E-state index >= 15 is 0 Å². The molecule has 0 aliphatic carbocycles. The minimum atomic E-state index is -0.440. The molecule has 1 rings (SSSR count). The van der Waals surface area contributed by atoms with E-state index in [0.717, 1.165) is 11.6 Å². The van der Waals surface area contributed by atoms with E-state index in [-0.39, 0.29) is 11.9 Å². The second-order valence-corrected chi connectivity index (χ2v) is 4.58. The molecule has 1 heterocycles. The van der Waals surface area contributed by atoms with Crippen molar-refractivity contribution < 1.29 is 4.79 Å². The van der Waals surface area contributed by atoms with Crippen LogP contribution in [0.4, 0.5) is 0 Å². The van der Waals surface area contributed by atoms with Gasteiger partial charge in [-0.05, 0) is 25.4 Å². The standard InChI is InChI=1S/C10H18N4OS/c1-7(9-12-4-5-13-9)14-10(15)8(11)3-6-16-2/h4-5,7-8H,3,6,11H2,1-2H3,(H,12,13)(H,14,15)/t7?,8-/m1/s1. The molecule has 5 nitrogen and oxygen atoms in total. The van der Waals surface area contributed by atoms with Crippen LogP contribution in [0.3, 0.4) is 0 Å². The Morgan fingerprint density at radius 1 is 1.75 bits per heavy atom. The number of carbonyl (C=O) groups is 1. The van der Waals surface area contributed by atoms with Crippen LogP contribution in [0, 0.1) is 0 Å². The van der Waals surface area contributed by atoms with Crippen LogP contribution in [0.2, 0.25) is 0 Å². The summed E-state index contributed by atoms with van der Waals surface area (Å²) in [6.07, 6.45) is 6.07. The first-order chi connectivity index (χ1) is 7.65. The summed E-state index contributed by atoms with van der Waals surface area (Å²) in [6.45, 7) is 1.87. The maximum Gasteiger partial charge on any atom is 0.237 e. The van der Waals surface area contributed by atoms with E-state index in [2.05, 4.69) is 15.3 Å². The van der Waals surface area contributed by atoms with Gasteiger partial charge in [0.15, 0.2) is 0 Å². The van der Waals surface area contributed by atoms with Gasteiger partial charge in [0.05, 0.1) is 12.1 Å². The number of aromatic nitrogens is 2. The molecule has 0 saturated carbocycles. The molecule has 1 amide bonds. The number of amides is 1. The third kappa shape index (κ3) is 3.86. The van der Waals surface area contributed by atoms with Crippen molar-refractivity contribution in [1.82, 2.24) is 15.3 Å². The number of H-pyrrole nitrogens is 1. The highest BCUT2D eigenvalue weighted by Gasteiger charge is 2.16. The fourth-order valence-corrected chi connectivity index (χ4v) is 1.77. The van der Waals surface area contributed by atoms with Gasteiger partial charge in [-0.25, -0.2) is 4.98 Å². The summed E-state index contributed by atoms with van der Waals surface area (Å²) < 4.78 is 0. The first kappa shape index (κ1) is 13.1. The topological polar surface area (TPSA) is 83.8 Å². The Morgan fingerprint density at radius 3 is 3.06 bits per heavy atom. The lowest BCUT2D eigenvalue weighted by molar-refractivity contribution is -0.123. The molecule has 1 aromatic rings. The molecule has 0 saturated heterocycles. The highest BCUT2D eigenvalue weighted by atomic mass is 32.2. The number of aromatic amines is 1. The van der Waals surface area contributed by atoms with Gasteiger partial charge in [0, 0.05) is 12.4 Å². The van der Waals surface area contributed by atoms with Gasteiger partial charge >= 0.3 is 0 Å². The van der Waals surface area contributed by atoms with E-state index in [1.54, 1.807) is 24.2 Å². The van der Waals surface area contributed by atoms with Gasteiger partial charge in [-0.15, -0.1) is 0 Å². The number of imidazole rings is 1. The Morgan fingerprint density at radius 2 is 2.50 bits per heavy atom. The number of nitrogens with one attached hydrogen (secondary N) is 2. The average Bonchev–Trinajstić information content (AvgIpc) is 2.79. The van der Waals surface area contributed by atoms with Gasteiger partial charge < -0.3 is 16.0 Å². The zero-order valence-corrected chi connectivity index (χ0v) is 10.4. The Bertz CT molecular complexity index is 315. The molecular weight excluding hydrogens is 224 g/mol. The molecular formula is C10H18N4OS. The van der Waals surface area contributed by atoms with E-state index in [1.807, 2.05) is 13.2 Å². The van der Waals surface area contributed by atoms with Crippen LogP contribution in [-0.2, 0) is 4.79 Å². The quantitative estimate of drug-likeness (QED) is 0.684. The normalized spacial score (nSPS) is 14.4. The van der Waals surface area contributed by atoms with Gasteiger partial charge in [-0.2, -0.15) is 11.8 Å². The van der Waals surface area contributed by atoms with Gasteiger partial charge in [0.1, 0.15) is 5.82 Å². The molecule has 90 valence electrons. The number of carbonyl (C=O) groups excluding carboxylic acids is 1. The van der Waals surface area contributed by atoms with Crippen molar-refractivity contribution in [2.24, 2.45) is 5.73 Å². The van der Waals surface area contributed by atoms with Crippen molar-refractivity contribution in [2.45, 2.75) is 25.4 Å². The second-order valence-electron chi connectivity index (χ2n) is 3.59. The van der Waals surface area contributed by atoms with Gasteiger partial charge in [-0.3, -0.25) is 4.79 Å². The fourth-order valence-electron chi connectivity index (χ4n) is 1.28. The van der Waals surface area contributed by atoms with Crippen molar-refractivity contribution in [1.29, 1.82) is 0 Å². The maximum atomic E-state index is 11.7. The highest BCUT2D eigenvalue weighted by molar-refractivity contribution is 7.98. The summed E-state index contributed by atoms with van der Waals surface area (Å²) in [5, 5.41) is 2.82. The zero-order valence-electron chi connectivity index (χ0n) is 9.56. The van der Waals surface area contributed by atoms with Crippen molar-refractivity contribution in [3.63, 3.8) is 0 Å². The lowest BCUT2D eigenvalue weighted by atomic mass is 10.2. The van der Waals surface area contributed by atoms with Gasteiger partial charge in [0.25, 0.3) is 0 Å². The van der Waals surface area contributed by atoms with Crippen molar-refractivity contribution in [3.05, 3.63) is 18.2 Å². The average molecular weight is 242 g/mol. The summed E-state index contributed by atoms with van der Waals surface area (Å²) in [5.41, 5.74) is 5.75. The van der Waals surface area contributed by atoms with E-state index in [1.165, 1.54) is 0 Å². The smallest absolute Gasteiger partial charge is 0.237 e. The SMILES string of the molecule is CSCC[C@@H](N)C(=O)NC(C)c1ncc[nH]1. The van der Waals surface area contributed by atoms with Crippen LogP contribution < -0.4 is 11.1 Å². The van der Waals surface area contributed by atoms with Crippen LogP contribution in [0.5, 0.6) is 0 Å². The third-order valence-electron chi connectivity index (χ3n) is 2.26. The lowest BCUT2D eigenvalue weighted by Gasteiger charge is -2.15. The molecule has 1 aromatic heterocycles. The summed E-state index contributed by atoms with van der Waals surface area (Å²) in [6, 6.07) is -0.576. The predicted octanol–water partition coefficient (Wildman–Crippen LogP) is 0.667. The van der Waals surface area contributed by atoms with Crippen LogP contribution in [0.25, 0.3) is 0 Å². The molecule has 0 radical (unpaired) electrons. The van der Waals surface area contributed by atoms with Crippen molar-refractivity contribution in [2.75, 3.05) is 12.0 Å². The van der Waals surface area contributed by atoms with E-state index in [9.17, 15) is 4.79 Å². The molecule has 2 atom stereocenters. The number of nitrogens with zero attached hydrogens (tertiary/aromatic N) is 1. The molecule has 0 spiro atoms. The molecule has 16 heavy (non-hydrogen) atoms. The second kappa shape index (κ2) is 6.55. The monoisotopic (exact) mass is 242 g/mol. The Kier molecular flexibility index (Phi) is 5.34. The van der Waals surface area contributed by atoms with E-state index < -0.39 is 6.04 Å². The summed E-state index contributed by atoms with van der Waals surface area (Å²) >= 11 is 1.69. The van der Waals surface area contributed by atoms with Crippen LogP contribution in [0.15, 0.2) is 12.4 Å². The summed E-state index contributed by atoms with van der Waals surface area (Å²) in [7, 11) is 0. The first-order valence-electron chi connectivity index (χ1n) is 5.19. The maximum absolute atomic E-state index is 11.7. The molecule has 0 aliphatic rings. The van der Waals surface area contributed by atoms with Crippen molar-refractivity contribution in [3.8, 4) is 0 Å². The van der Waals surface area contributed by atoms with Crippen molar-refractivity contribution >= 4 is 17.7 Å². The number of rotatable bonds is 6. The summed E-state index contributed by atoms with van der Waals surface area (Å²) in [4.78, 5) is 18.7. The fraction of sp³-hybridized carbons (Fsp3) is 0.600. The highest BCUT2D eigenvalue weighted by Crippen LogP contribution is 2.06. The predicted molar refractivity (Wildman–Crippen MR) is 66.1 cm³/mol. The molecule has 6 heteroatoms. The van der Waals surface area contributed by atoms with Gasteiger partial charge in [0.2, 0.25) is 5.91 Å². The number of hydrogen-bond donors (Lipinski definition) is 3. The molecule has 0 fully saturated rings. The first-order valence-corrected chi connectivity index (χ1v) is 6.58. The lowest BCUT2D eigenvalue weighted by Crippen LogP contribution is -2.42. The third-order valence-corrected chi connectivity index (χ3v) is 2.90.